The zero-order valence-corrected chi connectivity index (χ0v) is 18.5. The van der Waals surface area contributed by atoms with Gasteiger partial charge in [-0.3, -0.25) is 4.79 Å². The van der Waals surface area contributed by atoms with E-state index >= 15 is 0 Å². The van der Waals surface area contributed by atoms with Crippen molar-refractivity contribution in [2.45, 2.75) is 25.3 Å². The largest absolute Gasteiger partial charge is 0.497 e. The van der Waals surface area contributed by atoms with E-state index in [1.807, 2.05) is 24.3 Å². The van der Waals surface area contributed by atoms with Crippen LogP contribution in [0.2, 0.25) is 0 Å². The summed E-state index contributed by atoms with van der Waals surface area (Å²) in [5.74, 6) is -0.0747. The molecule has 1 aliphatic carbocycles. The predicted molar refractivity (Wildman–Crippen MR) is 114 cm³/mol. The summed E-state index contributed by atoms with van der Waals surface area (Å²) < 4.78 is 33.7. The number of esters is 1. The van der Waals surface area contributed by atoms with E-state index in [0.29, 0.717) is 11.3 Å². The molecule has 1 aliphatic heterocycles. The number of likely N-dealkylation sites (N-methyl/N-ethyl adjacent to an activating group) is 1. The summed E-state index contributed by atoms with van der Waals surface area (Å²) >= 11 is 1.37. The molecule has 7 nitrogen and oxygen atoms in total. The first-order chi connectivity index (χ1) is 14.3. The highest BCUT2D eigenvalue weighted by Crippen LogP contribution is 2.41. The van der Waals surface area contributed by atoms with Crippen molar-refractivity contribution in [2.75, 3.05) is 32.3 Å². The number of carbonyl (C=O) groups is 2. The molecular formula is C21H23NO6S2. The third-order valence-corrected chi connectivity index (χ3v) is 8.65. The van der Waals surface area contributed by atoms with Crippen LogP contribution in [0.1, 0.15) is 27.2 Å². The second kappa shape index (κ2) is 8.03. The maximum absolute atomic E-state index is 12.5. The molecule has 2 aromatic rings. The average Bonchev–Trinajstić information content (AvgIpc) is 3.33. The quantitative estimate of drug-likeness (QED) is 0.651. The Morgan fingerprint density at radius 3 is 2.67 bits per heavy atom. The zero-order chi connectivity index (χ0) is 21.5. The van der Waals surface area contributed by atoms with E-state index in [2.05, 4.69) is 0 Å². The number of nitrogens with zero attached hydrogens (tertiary/aromatic N) is 1. The molecule has 1 amide bonds. The minimum absolute atomic E-state index is 0.0367. The fraction of sp³-hybridized carbons (Fsp3) is 0.429. The zero-order valence-electron chi connectivity index (χ0n) is 16.8. The first-order valence-corrected chi connectivity index (χ1v) is 12.3. The highest BCUT2D eigenvalue weighted by molar-refractivity contribution is 7.91. The lowest BCUT2D eigenvalue weighted by molar-refractivity contribution is -0.134. The second-order valence-electron chi connectivity index (χ2n) is 7.63. The number of benzene rings is 1. The van der Waals surface area contributed by atoms with Crippen molar-refractivity contribution in [2.24, 2.45) is 0 Å². The first kappa shape index (κ1) is 20.9. The van der Waals surface area contributed by atoms with E-state index in [1.54, 1.807) is 14.2 Å². The van der Waals surface area contributed by atoms with Crippen molar-refractivity contribution < 1.29 is 27.5 Å². The summed E-state index contributed by atoms with van der Waals surface area (Å²) in [6, 6.07) is 7.42. The van der Waals surface area contributed by atoms with Crippen LogP contribution in [0.3, 0.4) is 0 Å². The standard InChI is InChI=1S/C21H23NO6S2/c1-22(15-7-8-30(25,26)12-15)19(23)11-28-21(24)18-10-14-4-3-13-9-16(27-2)5-6-17(13)20(14)29-18/h5-6,9-10,15H,3-4,7-8,11-12H2,1-2H3. The molecule has 0 N–H and O–H groups in total. The number of methoxy groups -OCH3 is 1. The molecular weight excluding hydrogens is 426 g/mol. The summed E-state index contributed by atoms with van der Waals surface area (Å²) in [6.07, 6.45) is 2.12. The van der Waals surface area contributed by atoms with Gasteiger partial charge in [-0.05, 0) is 60.2 Å². The SMILES string of the molecule is COc1ccc2c(c1)CCc1cc(C(=O)OCC(=O)N(C)C3CCS(=O)(=O)C3)sc1-2. The third-order valence-electron chi connectivity index (χ3n) is 5.71. The molecule has 0 spiro atoms. The van der Waals surface area contributed by atoms with Crippen molar-refractivity contribution in [3.63, 3.8) is 0 Å². The lowest BCUT2D eigenvalue weighted by Crippen LogP contribution is -2.40. The van der Waals surface area contributed by atoms with Crippen LogP contribution in [-0.2, 0) is 32.2 Å². The molecule has 4 rings (SSSR count). The van der Waals surface area contributed by atoms with Gasteiger partial charge in [0.1, 0.15) is 10.6 Å². The molecule has 0 bridgehead atoms. The number of thiophene rings is 1. The van der Waals surface area contributed by atoms with Gasteiger partial charge in [0, 0.05) is 18.0 Å². The lowest BCUT2D eigenvalue weighted by atomic mass is 9.91. The smallest absolute Gasteiger partial charge is 0.348 e. The minimum Gasteiger partial charge on any atom is -0.497 e. The molecule has 1 saturated heterocycles. The Labute approximate surface area is 179 Å². The molecule has 30 heavy (non-hydrogen) atoms. The van der Waals surface area contributed by atoms with Crippen LogP contribution in [0.15, 0.2) is 24.3 Å². The van der Waals surface area contributed by atoms with Crippen molar-refractivity contribution in [3.05, 3.63) is 40.3 Å². The molecule has 1 aromatic heterocycles. The molecule has 1 aromatic carbocycles. The Bertz CT molecular complexity index is 1100. The Morgan fingerprint density at radius 1 is 1.20 bits per heavy atom. The van der Waals surface area contributed by atoms with Crippen molar-refractivity contribution in [3.8, 4) is 16.2 Å². The third kappa shape index (κ3) is 4.09. The van der Waals surface area contributed by atoms with Gasteiger partial charge in [-0.15, -0.1) is 11.3 Å². The number of ether oxygens (including phenoxy) is 2. The van der Waals surface area contributed by atoms with Crippen LogP contribution in [0.25, 0.3) is 10.4 Å². The maximum Gasteiger partial charge on any atom is 0.348 e. The summed E-state index contributed by atoms with van der Waals surface area (Å²) in [7, 11) is 0.104. The van der Waals surface area contributed by atoms with Crippen LogP contribution >= 0.6 is 11.3 Å². The minimum atomic E-state index is -3.09. The molecule has 1 atom stereocenters. The van der Waals surface area contributed by atoms with Gasteiger partial charge in [0.05, 0.1) is 18.6 Å². The van der Waals surface area contributed by atoms with E-state index in [0.717, 1.165) is 34.6 Å². The van der Waals surface area contributed by atoms with E-state index in [-0.39, 0.29) is 17.5 Å². The van der Waals surface area contributed by atoms with Gasteiger partial charge in [-0.2, -0.15) is 0 Å². The molecule has 2 aliphatic rings. The van der Waals surface area contributed by atoms with Crippen molar-refractivity contribution in [1.82, 2.24) is 4.90 Å². The van der Waals surface area contributed by atoms with Crippen LogP contribution in [0.5, 0.6) is 5.75 Å². The van der Waals surface area contributed by atoms with Crippen molar-refractivity contribution in [1.29, 1.82) is 0 Å². The highest BCUT2D eigenvalue weighted by atomic mass is 32.2. The molecule has 1 unspecified atom stereocenters. The number of hydrogen-bond donors (Lipinski definition) is 0. The van der Waals surface area contributed by atoms with E-state index in [9.17, 15) is 18.0 Å². The maximum atomic E-state index is 12.5. The van der Waals surface area contributed by atoms with E-state index in [4.69, 9.17) is 9.47 Å². The number of hydrogen-bond acceptors (Lipinski definition) is 7. The lowest BCUT2D eigenvalue weighted by Gasteiger charge is -2.23. The van der Waals surface area contributed by atoms with Gasteiger partial charge in [-0.25, -0.2) is 13.2 Å². The van der Waals surface area contributed by atoms with Crippen LogP contribution in [0.4, 0.5) is 0 Å². The number of fused-ring (bicyclic) bond motifs is 3. The molecule has 2 heterocycles. The number of amides is 1. The van der Waals surface area contributed by atoms with Gasteiger partial charge in [0.25, 0.3) is 5.91 Å². The summed E-state index contributed by atoms with van der Waals surface area (Å²) in [5, 5.41) is 0. The number of carbonyl (C=O) groups excluding carboxylic acids is 2. The molecule has 0 saturated carbocycles. The van der Waals surface area contributed by atoms with E-state index < -0.39 is 28.3 Å². The fourth-order valence-corrected chi connectivity index (χ4v) is 6.86. The summed E-state index contributed by atoms with van der Waals surface area (Å²) in [5.41, 5.74) is 3.38. The number of rotatable bonds is 5. The van der Waals surface area contributed by atoms with Gasteiger partial charge in [0.2, 0.25) is 0 Å². The number of aryl methyl sites for hydroxylation is 2. The molecule has 1 fully saturated rings. The topological polar surface area (TPSA) is 90.0 Å². The van der Waals surface area contributed by atoms with E-state index in [1.165, 1.54) is 21.8 Å². The Hall–Kier alpha value is -2.39. The fourth-order valence-electron chi connectivity index (χ4n) is 3.92. The van der Waals surface area contributed by atoms with Crippen LogP contribution in [0, 0.1) is 0 Å². The molecule has 9 heteroatoms. The first-order valence-electron chi connectivity index (χ1n) is 9.70. The molecule has 160 valence electrons. The van der Waals surface area contributed by atoms with Gasteiger partial charge < -0.3 is 14.4 Å². The van der Waals surface area contributed by atoms with Crippen molar-refractivity contribution >= 4 is 33.1 Å². The monoisotopic (exact) mass is 449 g/mol. The normalized spacial score (nSPS) is 18.9. The molecule has 0 radical (unpaired) electrons. The second-order valence-corrected chi connectivity index (χ2v) is 10.9. The van der Waals surface area contributed by atoms with Gasteiger partial charge in [-0.1, -0.05) is 0 Å². The summed E-state index contributed by atoms with van der Waals surface area (Å²) in [6.45, 7) is -0.401. The Kier molecular flexibility index (Phi) is 5.59. The van der Waals surface area contributed by atoms with Gasteiger partial charge >= 0.3 is 5.97 Å². The Morgan fingerprint density at radius 2 is 1.97 bits per heavy atom. The Balaban J connectivity index is 1.41. The van der Waals surface area contributed by atoms with Crippen LogP contribution in [-0.4, -0.2) is 63.5 Å². The highest BCUT2D eigenvalue weighted by Gasteiger charge is 2.33. The summed E-state index contributed by atoms with van der Waals surface area (Å²) in [4.78, 5) is 27.8. The van der Waals surface area contributed by atoms with Crippen LogP contribution < -0.4 is 4.74 Å². The van der Waals surface area contributed by atoms with Gasteiger partial charge in [0.15, 0.2) is 16.4 Å². The predicted octanol–water partition coefficient (Wildman–Crippen LogP) is 2.32. The number of sulfone groups is 1. The average molecular weight is 450 g/mol.